The molecule has 0 fully saturated rings. The maximum Gasteiger partial charge on any atom is -0.0141 e. The van der Waals surface area contributed by atoms with Crippen LogP contribution in [0.4, 0.5) is 0 Å². The Labute approximate surface area is 61.6 Å². The number of halogens is 1. The molecule has 1 atom stereocenters. The van der Waals surface area contributed by atoms with Crippen LogP contribution in [0.1, 0.15) is 20.3 Å². The van der Waals surface area contributed by atoms with Crippen LogP contribution in [-0.2, 0) is 0 Å². The van der Waals surface area contributed by atoms with E-state index in [-0.39, 0.29) is 8.46 Å². The second kappa shape index (κ2) is 3.78. The van der Waals surface area contributed by atoms with Gasteiger partial charge in [-0.05, 0) is 39.0 Å². The summed E-state index contributed by atoms with van der Waals surface area (Å²) in [6.07, 6.45) is 3.64. The Kier molecular flexibility index (Phi) is 4.17. The molecule has 1 unspecified atom stereocenters. The summed E-state index contributed by atoms with van der Waals surface area (Å²) in [5.74, 6) is 2.67. The third kappa shape index (κ3) is 3.79. The van der Waals surface area contributed by atoms with E-state index >= 15 is 0 Å². The summed E-state index contributed by atoms with van der Waals surface area (Å²) in [5, 5.41) is 0. The van der Waals surface area contributed by atoms with Crippen molar-refractivity contribution in [3.05, 3.63) is 0 Å². The molecule has 0 rings (SSSR count). The molecule has 0 aromatic carbocycles. The van der Waals surface area contributed by atoms with Gasteiger partial charge < -0.3 is 0 Å². The molecule has 8 heavy (non-hydrogen) atoms. The van der Waals surface area contributed by atoms with E-state index in [2.05, 4.69) is 34.9 Å². The molecule has 0 aromatic heterocycles. The van der Waals surface area contributed by atoms with E-state index in [4.69, 9.17) is 0 Å². The van der Waals surface area contributed by atoms with Crippen molar-refractivity contribution in [1.82, 2.24) is 0 Å². The minimum atomic E-state index is -0.357. The normalized spacial score (nSPS) is 22.0. The van der Waals surface area contributed by atoms with Gasteiger partial charge in [0.15, 0.2) is 0 Å². The van der Waals surface area contributed by atoms with Crippen molar-refractivity contribution in [1.29, 1.82) is 0 Å². The van der Waals surface area contributed by atoms with Gasteiger partial charge in [-0.15, -0.1) is 0 Å². The largest absolute Gasteiger partial charge is 0.186 e. The molecule has 52 valence electrons. The van der Waals surface area contributed by atoms with Crippen molar-refractivity contribution in [2.24, 2.45) is 0 Å². The zero-order valence-corrected chi connectivity index (χ0v) is 8.31. The van der Waals surface area contributed by atoms with Gasteiger partial charge in [0, 0.05) is 0 Å². The molecule has 0 saturated heterocycles. The summed E-state index contributed by atoms with van der Waals surface area (Å²) in [6, 6.07) is 0. The molecule has 0 saturated carbocycles. The van der Waals surface area contributed by atoms with Gasteiger partial charge in [-0.2, -0.15) is 8.46 Å². The Morgan fingerprint density at radius 2 is 1.88 bits per heavy atom. The van der Waals surface area contributed by atoms with Crippen molar-refractivity contribution in [3.8, 4) is 0 Å². The van der Waals surface area contributed by atoms with E-state index in [1.807, 2.05) is 0 Å². The van der Waals surface area contributed by atoms with Gasteiger partial charge in [-0.25, -0.2) is 0 Å². The first kappa shape index (κ1) is 8.83. The van der Waals surface area contributed by atoms with Crippen molar-refractivity contribution >= 4 is 23.3 Å². The summed E-state index contributed by atoms with van der Waals surface area (Å²) < 4.78 is 0. The average Bonchev–Trinajstić information content (AvgIpc) is 1.67. The van der Waals surface area contributed by atoms with Crippen LogP contribution in [0.3, 0.4) is 0 Å². The van der Waals surface area contributed by atoms with Gasteiger partial charge >= 0.3 is 0 Å². The van der Waals surface area contributed by atoms with Crippen LogP contribution in [0.15, 0.2) is 0 Å². The van der Waals surface area contributed by atoms with Crippen molar-refractivity contribution in [2.75, 3.05) is 17.8 Å². The molecule has 2 heteroatoms. The lowest BCUT2D eigenvalue weighted by atomic mass is 10.6. The standard InChI is InChI=1S/C6H15BrS/c1-4-6-8(3,7)5-2/h4-6H2,1-3H3. The highest BCUT2D eigenvalue weighted by Gasteiger charge is 2.07. The van der Waals surface area contributed by atoms with Gasteiger partial charge in [0.05, 0.1) is 0 Å². The monoisotopic (exact) mass is 198 g/mol. The Morgan fingerprint density at radius 1 is 1.38 bits per heavy atom. The lowest BCUT2D eigenvalue weighted by Gasteiger charge is -2.25. The molecule has 0 aliphatic carbocycles. The Balaban J connectivity index is 3.37. The molecule has 0 heterocycles. The second-order valence-corrected chi connectivity index (χ2v) is 10.1. The molecule has 0 aliphatic heterocycles. The molecular weight excluding hydrogens is 184 g/mol. The van der Waals surface area contributed by atoms with Crippen LogP contribution in [0.2, 0.25) is 0 Å². The fourth-order valence-electron chi connectivity index (χ4n) is 0.570. The highest BCUT2D eigenvalue weighted by atomic mass is 79.9. The third-order valence-electron chi connectivity index (χ3n) is 1.23. The fraction of sp³-hybridized carbons (Fsp3) is 1.00. The third-order valence-corrected chi connectivity index (χ3v) is 6.04. The maximum absolute atomic E-state index is 3.72. The molecular formula is C6H15BrS. The highest BCUT2D eigenvalue weighted by Crippen LogP contribution is 2.51. The van der Waals surface area contributed by atoms with Crippen molar-refractivity contribution in [3.63, 3.8) is 0 Å². The molecule has 0 bridgehead atoms. The SMILES string of the molecule is CCCS(C)(Br)CC. The minimum Gasteiger partial charge on any atom is -0.186 e. The van der Waals surface area contributed by atoms with Crippen LogP contribution in [0.5, 0.6) is 0 Å². The summed E-state index contributed by atoms with van der Waals surface area (Å²) in [6.45, 7) is 4.49. The maximum atomic E-state index is 3.72. The van der Waals surface area contributed by atoms with E-state index < -0.39 is 0 Å². The van der Waals surface area contributed by atoms with E-state index in [1.165, 1.54) is 17.9 Å². The van der Waals surface area contributed by atoms with Crippen molar-refractivity contribution in [2.45, 2.75) is 20.3 Å². The Bertz CT molecular complexity index is 61.5. The molecule has 0 aromatic rings. The van der Waals surface area contributed by atoms with Crippen LogP contribution in [0.25, 0.3) is 0 Å². The first-order chi connectivity index (χ1) is 3.62. The second-order valence-electron chi connectivity index (χ2n) is 2.15. The molecule has 0 N–H and O–H groups in total. The van der Waals surface area contributed by atoms with Crippen LogP contribution in [-0.4, -0.2) is 17.8 Å². The van der Waals surface area contributed by atoms with Gasteiger partial charge in [-0.1, -0.05) is 13.8 Å². The number of rotatable bonds is 3. The molecule has 0 nitrogen and oxygen atoms in total. The smallest absolute Gasteiger partial charge is 0.0141 e. The van der Waals surface area contributed by atoms with Gasteiger partial charge in [0.1, 0.15) is 0 Å². The molecule has 0 aliphatic rings. The summed E-state index contributed by atoms with van der Waals surface area (Å²) in [5.41, 5.74) is 0. The lowest BCUT2D eigenvalue weighted by Crippen LogP contribution is -1.95. The molecule has 0 radical (unpaired) electrons. The predicted octanol–water partition coefficient (Wildman–Crippen LogP) is 3.16. The topological polar surface area (TPSA) is 0 Å². The van der Waals surface area contributed by atoms with Crippen LogP contribution >= 0.6 is 23.3 Å². The van der Waals surface area contributed by atoms with E-state index in [1.54, 1.807) is 0 Å². The van der Waals surface area contributed by atoms with E-state index in [0.717, 1.165) is 0 Å². The quantitative estimate of drug-likeness (QED) is 0.654. The van der Waals surface area contributed by atoms with Gasteiger partial charge in [-0.3, -0.25) is 0 Å². The fourth-order valence-corrected chi connectivity index (χ4v) is 2.68. The Morgan fingerprint density at radius 3 is 2.00 bits per heavy atom. The lowest BCUT2D eigenvalue weighted by molar-refractivity contribution is 1.10. The highest BCUT2D eigenvalue weighted by molar-refractivity contribution is 9.58. The molecule has 0 amide bonds. The zero-order chi connectivity index (χ0) is 6.62. The van der Waals surface area contributed by atoms with Gasteiger partial charge in [0.2, 0.25) is 0 Å². The van der Waals surface area contributed by atoms with Crippen molar-refractivity contribution < 1.29 is 0 Å². The first-order valence-corrected chi connectivity index (χ1v) is 7.28. The minimum absolute atomic E-state index is 0.357. The van der Waals surface area contributed by atoms with Gasteiger partial charge in [0.25, 0.3) is 0 Å². The van der Waals surface area contributed by atoms with Crippen LogP contribution in [0, 0.1) is 0 Å². The molecule has 0 spiro atoms. The summed E-state index contributed by atoms with van der Waals surface area (Å²) in [7, 11) is -0.357. The van der Waals surface area contributed by atoms with E-state index in [0.29, 0.717) is 0 Å². The predicted molar refractivity (Wildman–Crippen MR) is 48.1 cm³/mol. The first-order valence-electron chi connectivity index (χ1n) is 3.05. The Hall–Kier alpha value is 0.830. The number of hydrogen-bond acceptors (Lipinski definition) is 0. The average molecular weight is 199 g/mol. The summed E-state index contributed by atoms with van der Waals surface area (Å²) >= 11 is 3.72. The van der Waals surface area contributed by atoms with E-state index in [9.17, 15) is 0 Å². The van der Waals surface area contributed by atoms with Crippen LogP contribution < -0.4 is 0 Å². The number of hydrogen-bond donors (Lipinski definition) is 0. The summed E-state index contributed by atoms with van der Waals surface area (Å²) in [4.78, 5) is 0. The zero-order valence-electron chi connectivity index (χ0n) is 5.91.